The minimum absolute atomic E-state index is 0.0174. The summed E-state index contributed by atoms with van der Waals surface area (Å²) >= 11 is 0. The number of hydrogen-bond acceptors (Lipinski definition) is 6. The van der Waals surface area contributed by atoms with Crippen LogP contribution in [0.25, 0.3) is 0 Å². The van der Waals surface area contributed by atoms with Crippen molar-refractivity contribution in [1.82, 2.24) is 15.5 Å². The van der Waals surface area contributed by atoms with E-state index in [1.54, 1.807) is 13.8 Å². The third-order valence-electron chi connectivity index (χ3n) is 3.36. The molecule has 0 aromatic heterocycles. The molecule has 0 bridgehead atoms. The largest absolute Gasteiger partial charge is 0.465 e. The Bertz CT molecular complexity index is 450. The highest BCUT2D eigenvalue weighted by molar-refractivity contribution is 5.90. The van der Waals surface area contributed by atoms with Gasteiger partial charge in [-0.1, -0.05) is 13.8 Å². The molecule has 1 aliphatic rings. The van der Waals surface area contributed by atoms with Gasteiger partial charge in [0.2, 0.25) is 11.8 Å². The number of amides is 2. The maximum absolute atomic E-state index is 12.1. The predicted molar refractivity (Wildman–Crippen MR) is 83.2 cm³/mol. The molecular formula is C15H27N3O5. The molecule has 0 aromatic rings. The molecule has 1 fully saturated rings. The van der Waals surface area contributed by atoms with Crippen LogP contribution in [0.1, 0.15) is 34.1 Å². The average molecular weight is 329 g/mol. The Balaban J connectivity index is 2.27. The van der Waals surface area contributed by atoms with E-state index in [0.717, 1.165) is 0 Å². The second kappa shape index (κ2) is 8.26. The molecule has 23 heavy (non-hydrogen) atoms. The molecule has 132 valence electrons. The zero-order chi connectivity index (χ0) is 17.6. The van der Waals surface area contributed by atoms with Crippen molar-refractivity contribution in [3.8, 4) is 0 Å². The zero-order valence-electron chi connectivity index (χ0n) is 14.2. The summed E-state index contributed by atoms with van der Waals surface area (Å²) in [6.07, 6.45) is -1.04. The number of nitrogens with one attached hydrogen (secondary N) is 2. The van der Waals surface area contributed by atoms with E-state index in [1.165, 1.54) is 4.90 Å². The maximum atomic E-state index is 12.1. The van der Waals surface area contributed by atoms with Crippen LogP contribution in [0.5, 0.6) is 0 Å². The van der Waals surface area contributed by atoms with Gasteiger partial charge in [0.25, 0.3) is 0 Å². The topological polar surface area (TPSA) is 108 Å². The van der Waals surface area contributed by atoms with Crippen LogP contribution in [0.15, 0.2) is 0 Å². The van der Waals surface area contributed by atoms with Crippen molar-refractivity contribution in [1.29, 1.82) is 0 Å². The molecule has 2 amide bonds. The van der Waals surface area contributed by atoms with Gasteiger partial charge in [0.1, 0.15) is 12.2 Å². The number of rotatable bonds is 8. The fourth-order valence-electron chi connectivity index (χ4n) is 2.21. The number of carbonyl (C=O) groups is 3. The monoisotopic (exact) mass is 329 g/mol. The number of aliphatic hydroxyl groups is 1. The summed E-state index contributed by atoms with van der Waals surface area (Å²) in [4.78, 5) is 36.3. The second-order valence-electron chi connectivity index (χ2n) is 6.65. The van der Waals surface area contributed by atoms with Crippen LogP contribution in [0, 0.1) is 5.92 Å². The standard InChI is InChI=1S/C15H27N3O5/c1-10(2)9-23-14(22)5-11(19)6-16-7-13(21)18-8-12(20)17-15(18,3)4/h10-11,16,19H,5-9H2,1-4H3,(H,17,20). The van der Waals surface area contributed by atoms with Crippen LogP contribution in [-0.2, 0) is 19.1 Å². The van der Waals surface area contributed by atoms with Gasteiger partial charge in [0.05, 0.1) is 25.7 Å². The highest BCUT2D eigenvalue weighted by Crippen LogP contribution is 2.16. The van der Waals surface area contributed by atoms with Crippen molar-refractivity contribution in [2.45, 2.75) is 45.9 Å². The lowest BCUT2D eigenvalue weighted by atomic mass is 10.2. The van der Waals surface area contributed by atoms with Crippen LogP contribution >= 0.6 is 0 Å². The average Bonchev–Trinajstić information content (AvgIpc) is 2.69. The molecular weight excluding hydrogens is 302 g/mol. The van der Waals surface area contributed by atoms with Crippen molar-refractivity contribution in [3.05, 3.63) is 0 Å². The molecule has 3 N–H and O–H groups in total. The molecule has 1 aliphatic heterocycles. The Kier molecular flexibility index (Phi) is 6.96. The van der Waals surface area contributed by atoms with Gasteiger partial charge in [-0.3, -0.25) is 14.4 Å². The van der Waals surface area contributed by atoms with Crippen molar-refractivity contribution < 1.29 is 24.2 Å². The molecule has 0 saturated carbocycles. The Morgan fingerprint density at radius 1 is 1.43 bits per heavy atom. The number of nitrogens with zero attached hydrogens (tertiary/aromatic N) is 1. The number of hydrogen-bond donors (Lipinski definition) is 3. The minimum atomic E-state index is -0.922. The van der Waals surface area contributed by atoms with E-state index in [9.17, 15) is 19.5 Å². The Morgan fingerprint density at radius 2 is 2.09 bits per heavy atom. The van der Waals surface area contributed by atoms with Gasteiger partial charge in [-0.05, 0) is 19.8 Å². The molecule has 8 heteroatoms. The van der Waals surface area contributed by atoms with Crippen LogP contribution in [0.3, 0.4) is 0 Å². The molecule has 8 nitrogen and oxygen atoms in total. The van der Waals surface area contributed by atoms with Crippen molar-refractivity contribution >= 4 is 17.8 Å². The molecule has 1 saturated heterocycles. The summed E-state index contributed by atoms with van der Waals surface area (Å²) in [7, 11) is 0. The summed E-state index contributed by atoms with van der Waals surface area (Å²) in [6.45, 7) is 7.77. The van der Waals surface area contributed by atoms with Gasteiger partial charge in [0.15, 0.2) is 0 Å². The second-order valence-corrected chi connectivity index (χ2v) is 6.65. The first-order chi connectivity index (χ1) is 10.6. The quantitative estimate of drug-likeness (QED) is 0.504. The molecule has 1 atom stereocenters. The summed E-state index contributed by atoms with van der Waals surface area (Å²) in [5.74, 6) is -0.666. The lowest BCUT2D eigenvalue weighted by molar-refractivity contribution is -0.146. The first kappa shape index (κ1) is 19.4. The first-order valence-electron chi connectivity index (χ1n) is 7.77. The van der Waals surface area contributed by atoms with Crippen LogP contribution < -0.4 is 10.6 Å². The van der Waals surface area contributed by atoms with Crippen molar-refractivity contribution in [2.24, 2.45) is 5.92 Å². The van der Waals surface area contributed by atoms with Gasteiger partial charge >= 0.3 is 5.97 Å². The number of ether oxygens (including phenoxy) is 1. The third kappa shape index (κ3) is 6.54. The van der Waals surface area contributed by atoms with Crippen LogP contribution in [-0.4, -0.2) is 65.8 Å². The van der Waals surface area contributed by atoms with E-state index in [1.807, 2.05) is 13.8 Å². The van der Waals surface area contributed by atoms with E-state index in [0.29, 0.717) is 6.61 Å². The van der Waals surface area contributed by atoms with Gasteiger partial charge in [-0.2, -0.15) is 0 Å². The number of carbonyl (C=O) groups excluding carboxylic acids is 3. The first-order valence-corrected chi connectivity index (χ1v) is 7.77. The molecule has 1 unspecified atom stereocenters. The molecule has 0 spiro atoms. The van der Waals surface area contributed by atoms with E-state index in [2.05, 4.69) is 10.6 Å². The van der Waals surface area contributed by atoms with Gasteiger partial charge in [-0.15, -0.1) is 0 Å². The normalized spacial score (nSPS) is 18.0. The Morgan fingerprint density at radius 3 is 2.61 bits per heavy atom. The SMILES string of the molecule is CC(C)COC(=O)CC(O)CNCC(=O)N1CC(=O)NC1(C)C. The summed E-state index contributed by atoms with van der Waals surface area (Å²) in [5, 5.41) is 15.2. The fourth-order valence-corrected chi connectivity index (χ4v) is 2.21. The van der Waals surface area contributed by atoms with E-state index in [4.69, 9.17) is 4.74 Å². The zero-order valence-corrected chi connectivity index (χ0v) is 14.2. The maximum Gasteiger partial charge on any atom is 0.308 e. The molecule has 1 rings (SSSR count). The van der Waals surface area contributed by atoms with Gasteiger partial charge in [0, 0.05) is 6.54 Å². The minimum Gasteiger partial charge on any atom is -0.465 e. The molecule has 0 aliphatic carbocycles. The van der Waals surface area contributed by atoms with E-state index in [-0.39, 0.29) is 43.8 Å². The van der Waals surface area contributed by atoms with Crippen molar-refractivity contribution in [2.75, 3.05) is 26.2 Å². The third-order valence-corrected chi connectivity index (χ3v) is 3.36. The van der Waals surface area contributed by atoms with Crippen LogP contribution in [0.4, 0.5) is 0 Å². The summed E-state index contributed by atoms with van der Waals surface area (Å²) in [5.41, 5.74) is -0.713. The predicted octanol–water partition coefficient (Wildman–Crippen LogP) is -0.779. The Hall–Kier alpha value is -1.67. The molecule has 0 aromatic carbocycles. The highest BCUT2D eigenvalue weighted by atomic mass is 16.5. The summed E-state index contributed by atoms with van der Waals surface area (Å²) in [6, 6.07) is 0. The van der Waals surface area contributed by atoms with E-state index < -0.39 is 17.7 Å². The van der Waals surface area contributed by atoms with Crippen LogP contribution in [0.2, 0.25) is 0 Å². The van der Waals surface area contributed by atoms with Gasteiger partial charge < -0.3 is 25.4 Å². The lowest BCUT2D eigenvalue weighted by Gasteiger charge is -2.30. The molecule has 0 radical (unpaired) electrons. The van der Waals surface area contributed by atoms with Crippen molar-refractivity contribution in [3.63, 3.8) is 0 Å². The summed E-state index contributed by atoms with van der Waals surface area (Å²) < 4.78 is 4.97. The smallest absolute Gasteiger partial charge is 0.308 e. The fraction of sp³-hybridized carbons (Fsp3) is 0.800. The molecule has 1 heterocycles. The van der Waals surface area contributed by atoms with Gasteiger partial charge in [-0.25, -0.2) is 0 Å². The lowest BCUT2D eigenvalue weighted by Crippen LogP contribution is -2.51. The Labute approximate surface area is 136 Å². The van der Waals surface area contributed by atoms with E-state index >= 15 is 0 Å². The number of aliphatic hydroxyl groups excluding tert-OH is 1. The number of esters is 1. The highest BCUT2D eigenvalue weighted by Gasteiger charge is 2.39.